The van der Waals surface area contributed by atoms with E-state index in [1.165, 1.54) is 167 Å². The third kappa shape index (κ3) is 42.6. The number of carbonyl (C=O) groups is 2. The lowest BCUT2D eigenvalue weighted by molar-refractivity contribution is -0.870. The van der Waals surface area contributed by atoms with Crippen molar-refractivity contribution in [2.75, 3.05) is 47.5 Å². The lowest BCUT2D eigenvalue weighted by atomic mass is 10.0. The van der Waals surface area contributed by atoms with Crippen LogP contribution in [-0.4, -0.2) is 70.0 Å². The Morgan fingerprint density at radius 2 is 0.804 bits per heavy atom. The van der Waals surface area contributed by atoms with Gasteiger partial charge in [-0.05, 0) is 12.8 Å². The number of esters is 2. The highest BCUT2D eigenvalue weighted by molar-refractivity contribution is 7.45. The normalized spacial score (nSPS) is 13.5. The molecule has 0 radical (unpaired) electrons. The summed E-state index contributed by atoms with van der Waals surface area (Å²) in [5.41, 5.74) is 0. The van der Waals surface area contributed by atoms with Gasteiger partial charge >= 0.3 is 11.9 Å². The second kappa shape index (κ2) is 39.5. The minimum Gasteiger partial charge on any atom is -0.756 e. The van der Waals surface area contributed by atoms with Crippen LogP contribution in [0.1, 0.15) is 232 Å². The van der Waals surface area contributed by atoms with Gasteiger partial charge in [0.25, 0.3) is 7.82 Å². The maximum absolute atomic E-state index is 12.7. The largest absolute Gasteiger partial charge is 0.756 e. The van der Waals surface area contributed by atoms with E-state index in [0.29, 0.717) is 17.4 Å². The average molecular weight is 818 g/mol. The fourth-order valence-corrected chi connectivity index (χ4v) is 7.62. The summed E-state index contributed by atoms with van der Waals surface area (Å²) < 4.78 is 33.8. The molecule has 2 atom stereocenters. The molecule has 334 valence electrons. The Labute approximate surface area is 346 Å². The molecule has 0 bridgehead atoms. The Morgan fingerprint density at radius 3 is 1.14 bits per heavy atom. The monoisotopic (exact) mass is 818 g/mol. The summed E-state index contributed by atoms with van der Waals surface area (Å²) in [5, 5.41) is 0. The molecule has 0 aliphatic carbocycles. The first-order valence-corrected chi connectivity index (χ1v) is 25.2. The van der Waals surface area contributed by atoms with Crippen LogP contribution in [0.25, 0.3) is 0 Å². The van der Waals surface area contributed by atoms with Crippen LogP contribution in [0, 0.1) is 0 Å². The molecular weight excluding hydrogens is 725 g/mol. The maximum atomic E-state index is 12.7. The Morgan fingerprint density at radius 1 is 0.482 bits per heavy atom. The van der Waals surface area contributed by atoms with Crippen LogP contribution in [0.5, 0.6) is 0 Å². The zero-order valence-electron chi connectivity index (χ0n) is 37.6. The quantitative estimate of drug-likeness (QED) is 0.0259. The van der Waals surface area contributed by atoms with Crippen molar-refractivity contribution in [2.24, 2.45) is 0 Å². The number of phosphoric acid groups is 1. The van der Waals surface area contributed by atoms with Crippen molar-refractivity contribution < 1.29 is 42.1 Å². The Bertz CT molecular complexity index is 927. The lowest BCUT2D eigenvalue weighted by Gasteiger charge is -2.28. The number of unbranched alkanes of at least 4 members (excludes halogenated alkanes) is 30. The molecule has 56 heavy (non-hydrogen) atoms. The molecule has 2 unspecified atom stereocenters. The third-order valence-electron chi connectivity index (χ3n) is 10.6. The number of hydrogen-bond acceptors (Lipinski definition) is 8. The molecule has 0 fully saturated rings. The number of nitrogens with zero attached hydrogens (tertiary/aromatic N) is 1. The van der Waals surface area contributed by atoms with Gasteiger partial charge in [0.1, 0.15) is 19.8 Å². The van der Waals surface area contributed by atoms with Crippen LogP contribution in [-0.2, 0) is 32.7 Å². The molecule has 0 N–H and O–H groups in total. The Balaban J connectivity index is 4.07. The number of phosphoric ester groups is 1. The zero-order valence-corrected chi connectivity index (χ0v) is 38.5. The SMILES string of the molecule is CCCCCCCCCCCCCCCCCCCCCCCCCCC(=O)OC(COC(=O)CCCCCCCCCC)COP(=O)([O-])OCC[N+](C)(C)C. The van der Waals surface area contributed by atoms with E-state index < -0.39 is 26.5 Å². The lowest BCUT2D eigenvalue weighted by Crippen LogP contribution is -2.37. The maximum Gasteiger partial charge on any atom is 0.306 e. The van der Waals surface area contributed by atoms with Crippen molar-refractivity contribution in [2.45, 2.75) is 238 Å². The van der Waals surface area contributed by atoms with Crippen molar-refractivity contribution in [3.63, 3.8) is 0 Å². The van der Waals surface area contributed by atoms with E-state index in [1.807, 2.05) is 21.1 Å². The number of ether oxygens (including phenoxy) is 2. The number of rotatable bonds is 44. The molecule has 0 aromatic heterocycles. The fourth-order valence-electron chi connectivity index (χ4n) is 6.89. The molecule has 0 aromatic rings. The standard InChI is InChI=1S/C46H92NO8P/c1-6-8-10-12-14-16-17-18-19-20-21-22-23-24-25-26-27-28-29-30-31-33-35-37-39-46(49)55-44(43-54-56(50,51)53-41-40-47(3,4)5)42-52-45(48)38-36-34-32-15-13-11-9-7-2/h44H,6-43H2,1-5H3. The van der Waals surface area contributed by atoms with Crippen molar-refractivity contribution in [3.8, 4) is 0 Å². The van der Waals surface area contributed by atoms with Crippen LogP contribution >= 0.6 is 7.82 Å². The van der Waals surface area contributed by atoms with Gasteiger partial charge in [-0.2, -0.15) is 0 Å². The predicted molar refractivity (Wildman–Crippen MR) is 232 cm³/mol. The molecule has 0 aliphatic rings. The average Bonchev–Trinajstić information content (AvgIpc) is 3.15. The van der Waals surface area contributed by atoms with Gasteiger partial charge in [0.2, 0.25) is 0 Å². The highest BCUT2D eigenvalue weighted by atomic mass is 31.2. The Hall–Kier alpha value is -0.990. The van der Waals surface area contributed by atoms with Gasteiger partial charge in [0.05, 0.1) is 27.7 Å². The molecule has 10 heteroatoms. The molecule has 0 spiro atoms. The number of quaternary nitrogens is 1. The Kier molecular flexibility index (Phi) is 38.8. The van der Waals surface area contributed by atoms with Gasteiger partial charge in [0.15, 0.2) is 6.10 Å². The molecule has 0 aromatic carbocycles. The summed E-state index contributed by atoms with van der Waals surface area (Å²) in [6, 6.07) is 0. The van der Waals surface area contributed by atoms with Crippen LogP contribution < -0.4 is 4.89 Å². The van der Waals surface area contributed by atoms with Crippen molar-refractivity contribution in [3.05, 3.63) is 0 Å². The van der Waals surface area contributed by atoms with Gasteiger partial charge in [-0.3, -0.25) is 14.2 Å². The highest BCUT2D eigenvalue weighted by Gasteiger charge is 2.21. The smallest absolute Gasteiger partial charge is 0.306 e. The third-order valence-corrected chi connectivity index (χ3v) is 11.6. The first-order chi connectivity index (χ1) is 27.0. The van der Waals surface area contributed by atoms with Gasteiger partial charge in [-0.25, -0.2) is 0 Å². The molecule has 0 aliphatic heterocycles. The van der Waals surface area contributed by atoms with Crippen molar-refractivity contribution in [1.82, 2.24) is 0 Å². The van der Waals surface area contributed by atoms with E-state index in [2.05, 4.69) is 13.8 Å². The van der Waals surface area contributed by atoms with Gasteiger partial charge in [-0.1, -0.05) is 206 Å². The van der Waals surface area contributed by atoms with Gasteiger partial charge in [-0.15, -0.1) is 0 Å². The van der Waals surface area contributed by atoms with Crippen LogP contribution in [0.4, 0.5) is 0 Å². The zero-order chi connectivity index (χ0) is 41.4. The highest BCUT2D eigenvalue weighted by Crippen LogP contribution is 2.38. The molecule has 0 heterocycles. The van der Waals surface area contributed by atoms with E-state index in [0.717, 1.165) is 32.1 Å². The molecule has 0 saturated heterocycles. The minimum atomic E-state index is -4.61. The number of likely N-dealkylation sites (N-methyl/N-ethyl adjacent to an activating group) is 1. The molecule has 0 rings (SSSR count). The fraction of sp³-hybridized carbons (Fsp3) is 0.957. The number of hydrogen-bond donors (Lipinski definition) is 0. The minimum absolute atomic E-state index is 0.0259. The second-order valence-corrected chi connectivity index (χ2v) is 18.9. The summed E-state index contributed by atoms with van der Waals surface area (Å²) in [5.74, 6) is -0.824. The summed E-state index contributed by atoms with van der Waals surface area (Å²) >= 11 is 0. The molecule has 9 nitrogen and oxygen atoms in total. The summed E-state index contributed by atoms with van der Waals surface area (Å²) in [7, 11) is 1.18. The van der Waals surface area contributed by atoms with Crippen molar-refractivity contribution >= 4 is 19.8 Å². The molecular formula is C46H92NO8P. The van der Waals surface area contributed by atoms with E-state index in [4.69, 9.17) is 18.5 Å². The van der Waals surface area contributed by atoms with Crippen molar-refractivity contribution in [1.29, 1.82) is 0 Å². The van der Waals surface area contributed by atoms with Gasteiger partial charge in [0, 0.05) is 12.8 Å². The topological polar surface area (TPSA) is 111 Å². The summed E-state index contributed by atoms with van der Waals surface area (Å²) in [6.45, 7) is 4.23. The first kappa shape index (κ1) is 55.0. The van der Waals surface area contributed by atoms with Crippen LogP contribution in [0.15, 0.2) is 0 Å². The van der Waals surface area contributed by atoms with E-state index in [-0.39, 0.29) is 32.0 Å². The van der Waals surface area contributed by atoms with E-state index >= 15 is 0 Å². The van der Waals surface area contributed by atoms with E-state index in [1.54, 1.807) is 0 Å². The second-order valence-electron chi connectivity index (χ2n) is 17.5. The molecule has 0 amide bonds. The predicted octanol–water partition coefficient (Wildman–Crippen LogP) is 13.0. The van der Waals surface area contributed by atoms with Crippen LogP contribution in [0.2, 0.25) is 0 Å². The number of carbonyl (C=O) groups excluding carboxylic acids is 2. The van der Waals surface area contributed by atoms with Crippen LogP contribution in [0.3, 0.4) is 0 Å². The summed E-state index contributed by atoms with van der Waals surface area (Å²) in [4.78, 5) is 37.4. The van der Waals surface area contributed by atoms with E-state index in [9.17, 15) is 19.0 Å². The summed E-state index contributed by atoms with van der Waals surface area (Å²) in [6.07, 6.45) is 40.1. The first-order valence-electron chi connectivity index (χ1n) is 23.7. The van der Waals surface area contributed by atoms with Gasteiger partial charge < -0.3 is 27.9 Å². The molecule has 0 saturated carbocycles.